The Kier molecular flexibility index (Phi) is 4.13. The summed E-state index contributed by atoms with van der Waals surface area (Å²) in [6.07, 6.45) is 3.46. The quantitative estimate of drug-likeness (QED) is 0.454. The molecule has 4 heterocycles. The highest BCUT2D eigenvalue weighted by Gasteiger charge is 2.14. The Bertz CT molecular complexity index is 1380. The van der Waals surface area contributed by atoms with Crippen LogP contribution in [0.1, 0.15) is 17.0 Å². The standard InChI is InChI=1S/C21H17N5O2S/c1-13-5-6-14(2)15(10-13)16-11-17-21(27)25(7-8-26(17)23-16)12-19-22-20(28-24-19)18-4-3-9-29-18/h3-11H,12H2,1-2H3. The third kappa shape index (κ3) is 3.17. The summed E-state index contributed by atoms with van der Waals surface area (Å²) in [5.41, 5.74) is 4.43. The summed E-state index contributed by atoms with van der Waals surface area (Å²) in [6.45, 7) is 4.31. The van der Waals surface area contributed by atoms with Crippen LogP contribution < -0.4 is 5.56 Å². The van der Waals surface area contributed by atoms with Gasteiger partial charge in [-0.25, -0.2) is 4.52 Å². The van der Waals surface area contributed by atoms with E-state index in [2.05, 4.69) is 33.4 Å². The van der Waals surface area contributed by atoms with Gasteiger partial charge in [-0.1, -0.05) is 28.9 Å². The molecule has 144 valence electrons. The third-order valence-corrected chi connectivity index (χ3v) is 5.64. The second-order valence-electron chi connectivity index (χ2n) is 6.90. The van der Waals surface area contributed by atoms with Crippen molar-refractivity contribution in [3.8, 4) is 22.0 Å². The van der Waals surface area contributed by atoms with Crippen LogP contribution in [-0.4, -0.2) is 24.3 Å². The van der Waals surface area contributed by atoms with Gasteiger partial charge in [0.25, 0.3) is 11.4 Å². The molecule has 0 aliphatic heterocycles. The largest absolute Gasteiger partial charge is 0.333 e. The zero-order valence-corrected chi connectivity index (χ0v) is 16.7. The number of aryl methyl sites for hydroxylation is 2. The molecule has 0 aliphatic carbocycles. The Hall–Kier alpha value is -3.52. The monoisotopic (exact) mass is 403 g/mol. The van der Waals surface area contributed by atoms with E-state index in [1.165, 1.54) is 11.3 Å². The van der Waals surface area contributed by atoms with E-state index in [0.717, 1.165) is 27.3 Å². The molecule has 8 heteroatoms. The summed E-state index contributed by atoms with van der Waals surface area (Å²) >= 11 is 1.53. The van der Waals surface area contributed by atoms with Crippen LogP contribution >= 0.6 is 11.3 Å². The minimum atomic E-state index is -0.154. The number of nitrogens with zero attached hydrogens (tertiary/aromatic N) is 5. The molecule has 0 N–H and O–H groups in total. The fraction of sp³-hybridized carbons (Fsp3) is 0.143. The lowest BCUT2D eigenvalue weighted by atomic mass is 10.0. The first-order valence-corrected chi connectivity index (χ1v) is 9.99. The maximum absolute atomic E-state index is 13.0. The molecule has 29 heavy (non-hydrogen) atoms. The van der Waals surface area contributed by atoms with Crippen LogP contribution in [-0.2, 0) is 6.54 Å². The summed E-state index contributed by atoms with van der Waals surface area (Å²) in [7, 11) is 0. The second-order valence-corrected chi connectivity index (χ2v) is 7.85. The lowest BCUT2D eigenvalue weighted by molar-refractivity contribution is 0.421. The van der Waals surface area contributed by atoms with E-state index in [4.69, 9.17) is 4.52 Å². The van der Waals surface area contributed by atoms with Crippen LogP contribution in [0.4, 0.5) is 0 Å². The maximum atomic E-state index is 13.0. The van der Waals surface area contributed by atoms with Crippen LogP contribution in [0, 0.1) is 13.8 Å². The summed E-state index contributed by atoms with van der Waals surface area (Å²) < 4.78 is 8.49. The molecule has 0 bridgehead atoms. The lowest BCUT2D eigenvalue weighted by Gasteiger charge is -2.03. The lowest BCUT2D eigenvalue weighted by Crippen LogP contribution is -2.22. The van der Waals surface area contributed by atoms with Gasteiger partial charge in [-0.15, -0.1) is 11.3 Å². The van der Waals surface area contributed by atoms with E-state index in [9.17, 15) is 4.79 Å². The van der Waals surface area contributed by atoms with Gasteiger partial charge in [0.2, 0.25) is 0 Å². The average Bonchev–Trinajstić information content (AvgIpc) is 3.46. The summed E-state index contributed by atoms with van der Waals surface area (Å²) in [6, 6.07) is 11.9. The van der Waals surface area contributed by atoms with Crippen molar-refractivity contribution >= 4 is 16.9 Å². The minimum Gasteiger partial charge on any atom is -0.333 e. The molecule has 0 aliphatic rings. The van der Waals surface area contributed by atoms with Gasteiger partial charge in [0.1, 0.15) is 5.52 Å². The van der Waals surface area contributed by atoms with Crippen LogP contribution in [0.5, 0.6) is 0 Å². The second kappa shape index (κ2) is 6.82. The van der Waals surface area contributed by atoms with Gasteiger partial charge in [-0.05, 0) is 43.0 Å². The highest BCUT2D eigenvalue weighted by molar-refractivity contribution is 7.13. The SMILES string of the molecule is Cc1ccc(C)c(-c2cc3c(=O)n(Cc4noc(-c5cccs5)n4)ccn3n2)c1. The number of aromatic nitrogens is 5. The van der Waals surface area contributed by atoms with Crippen molar-refractivity contribution in [2.24, 2.45) is 0 Å². The van der Waals surface area contributed by atoms with Gasteiger partial charge in [-0.3, -0.25) is 4.79 Å². The van der Waals surface area contributed by atoms with Crippen LogP contribution in [0.3, 0.4) is 0 Å². The molecule has 0 radical (unpaired) electrons. The molecule has 0 fully saturated rings. The first-order chi connectivity index (χ1) is 14.1. The van der Waals surface area contributed by atoms with Crippen molar-refractivity contribution in [2.45, 2.75) is 20.4 Å². The number of fused-ring (bicyclic) bond motifs is 1. The van der Waals surface area contributed by atoms with Crippen molar-refractivity contribution in [1.82, 2.24) is 24.3 Å². The molecule has 0 amide bonds. The van der Waals surface area contributed by atoms with E-state index in [-0.39, 0.29) is 12.1 Å². The van der Waals surface area contributed by atoms with Gasteiger partial charge < -0.3 is 9.09 Å². The predicted octanol–water partition coefficient (Wildman–Crippen LogP) is 3.94. The summed E-state index contributed by atoms with van der Waals surface area (Å²) in [5, 5.41) is 10.5. The molecular formula is C21H17N5O2S. The molecule has 0 atom stereocenters. The first kappa shape index (κ1) is 17.6. The summed E-state index contributed by atoms with van der Waals surface area (Å²) in [5.74, 6) is 0.916. The molecule has 5 aromatic rings. The molecule has 4 aromatic heterocycles. The molecule has 0 unspecified atom stereocenters. The van der Waals surface area contributed by atoms with Crippen LogP contribution in [0.2, 0.25) is 0 Å². The molecular weight excluding hydrogens is 386 g/mol. The topological polar surface area (TPSA) is 78.2 Å². The maximum Gasteiger partial charge on any atom is 0.277 e. The van der Waals surface area contributed by atoms with Crippen molar-refractivity contribution in [2.75, 3.05) is 0 Å². The fourth-order valence-electron chi connectivity index (χ4n) is 3.27. The van der Waals surface area contributed by atoms with Gasteiger partial charge in [0.05, 0.1) is 17.1 Å². The van der Waals surface area contributed by atoms with E-state index in [1.807, 2.05) is 37.4 Å². The fourth-order valence-corrected chi connectivity index (χ4v) is 3.91. The van der Waals surface area contributed by atoms with Gasteiger partial charge in [0, 0.05) is 18.0 Å². The zero-order valence-electron chi connectivity index (χ0n) is 15.9. The van der Waals surface area contributed by atoms with Gasteiger partial charge >= 0.3 is 0 Å². The van der Waals surface area contributed by atoms with Crippen molar-refractivity contribution in [1.29, 1.82) is 0 Å². The Balaban J connectivity index is 1.51. The highest BCUT2D eigenvalue weighted by atomic mass is 32.1. The Morgan fingerprint density at radius 3 is 2.86 bits per heavy atom. The van der Waals surface area contributed by atoms with E-state index in [0.29, 0.717) is 17.2 Å². The molecule has 5 rings (SSSR count). The molecule has 7 nitrogen and oxygen atoms in total. The number of hydrogen-bond donors (Lipinski definition) is 0. The number of rotatable bonds is 4. The average molecular weight is 403 g/mol. The van der Waals surface area contributed by atoms with E-state index < -0.39 is 0 Å². The van der Waals surface area contributed by atoms with Gasteiger partial charge in [0.15, 0.2) is 5.82 Å². The van der Waals surface area contributed by atoms with Crippen LogP contribution in [0.15, 0.2) is 63.5 Å². The highest BCUT2D eigenvalue weighted by Crippen LogP contribution is 2.24. The molecule has 0 saturated heterocycles. The third-order valence-electron chi connectivity index (χ3n) is 4.78. The van der Waals surface area contributed by atoms with Crippen molar-refractivity contribution in [3.05, 3.63) is 81.5 Å². The Morgan fingerprint density at radius 2 is 2.03 bits per heavy atom. The molecule has 0 spiro atoms. The Morgan fingerprint density at radius 1 is 1.14 bits per heavy atom. The van der Waals surface area contributed by atoms with E-state index in [1.54, 1.807) is 21.5 Å². The van der Waals surface area contributed by atoms with Crippen molar-refractivity contribution < 1.29 is 4.52 Å². The van der Waals surface area contributed by atoms with Gasteiger partial charge in [-0.2, -0.15) is 10.1 Å². The normalized spacial score (nSPS) is 11.4. The van der Waals surface area contributed by atoms with E-state index >= 15 is 0 Å². The number of hydrogen-bond acceptors (Lipinski definition) is 6. The Labute approximate surface area is 169 Å². The smallest absolute Gasteiger partial charge is 0.277 e. The van der Waals surface area contributed by atoms with Crippen molar-refractivity contribution in [3.63, 3.8) is 0 Å². The zero-order chi connectivity index (χ0) is 20.0. The number of thiophene rings is 1. The predicted molar refractivity (Wildman–Crippen MR) is 111 cm³/mol. The minimum absolute atomic E-state index is 0.154. The molecule has 1 aromatic carbocycles. The molecule has 0 saturated carbocycles. The summed E-state index contributed by atoms with van der Waals surface area (Å²) in [4.78, 5) is 18.3. The first-order valence-electron chi connectivity index (χ1n) is 9.11. The van der Waals surface area contributed by atoms with Crippen LogP contribution in [0.25, 0.3) is 27.5 Å². The number of benzene rings is 1.